The van der Waals surface area contributed by atoms with Crippen LogP contribution in [0.2, 0.25) is 0 Å². The molecule has 0 aliphatic carbocycles. The van der Waals surface area contributed by atoms with E-state index in [0.717, 1.165) is 12.1 Å². The van der Waals surface area contributed by atoms with Crippen LogP contribution < -0.4 is 5.32 Å². The van der Waals surface area contributed by atoms with E-state index in [2.05, 4.69) is 29.4 Å². The number of aromatic nitrogens is 2. The number of alkyl halides is 1. The number of amides is 1. The van der Waals surface area contributed by atoms with Gasteiger partial charge in [-0.2, -0.15) is 5.10 Å². The van der Waals surface area contributed by atoms with Crippen molar-refractivity contribution in [1.29, 1.82) is 0 Å². The topological polar surface area (TPSA) is 57.8 Å². The van der Waals surface area contributed by atoms with Crippen LogP contribution >= 0.6 is 11.6 Å². The minimum Gasteiger partial charge on any atom is -0.348 e. The normalized spacial score (nSPS) is 12.8. The molecule has 2 N–H and O–H groups in total. The third-order valence-electron chi connectivity index (χ3n) is 2.35. The van der Waals surface area contributed by atoms with E-state index in [9.17, 15) is 4.79 Å². The number of H-pyrrole nitrogens is 1. The number of hydrogen-bond donors (Lipinski definition) is 2. The maximum atomic E-state index is 11.8. The van der Waals surface area contributed by atoms with E-state index in [0.29, 0.717) is 17.4 Å². The van der Waals surface area contributed by atoms with E-state index >= 15 is 0 Å². The van der Waals surface area contributed by atoms with Gasteiger partial charge in [0.2, 0.25) is 0 Å². The summed E-state index contributed by atoms with van der Waals surface area (Å²) in [7, 11) is 0. The maximum Gasteiger partial charge on any atom is 0.254 e. The molecular weight excluding hydrogens is 226 g/mol. The summed E-state index contributed by atoms with van der Waals surface area (Å²) < 4.78 is 0. The summed E-state index contributed by atoms with van der Waals surface area (Å²) in [4.78, 5) is 11.8. The molecule has 90 valence electrons. The lowest BCUT2D eigenvalue weighted by Gasteiger charge is -2.17. The SMILES string of the molecule is Cc1[nH]ncc1C(=O)NC(CCl)CC(C)C. The molecule has 1 aromatic rings. The molecule has 1 heterocycles. The highest BCUT2D eigenvalue weighted by Crippen LogP contribution is 2.08. The molecule has 1 aromatic heterocycles. The van der Waals surface area contributed by atoms with Crippen LogP contribution in [-0.4, -0.2) is 28.0 Å². The summed E-state index contributed by atoms with van der Waals surface area (Å²) in [6.45, 7) is 6.03. The first-order chi connectivity index (χ1) is 7.54. The minimum atomic E-state index is -0.113. The zero-order chi connectivity index (χ0) is 12.1. The summed E-state index contributed by atoms with van der Waals surface area (Å²) in [5.74, 6) is 0.827. The van der Waals surface area contributed by atoms with E-state index < -0.39 is 0 Å². The van der Waals surface area contributed by atoms with Crippen molar-refractivity contribution >= 4 is 17.5 Å². The molecule has 0 saturated heterocycles. The molecule has 0 fully saturated rings. The van der Waals surface area contributed by atoms with Gasteiger partial charge in [-0.3, -0.25) is 9.89 Å². The van der Waals surface area contributed by atoms with Gasteiger partial charge in [-0.15, -0.1) is 11.6 Å². The van der Waals surface area contributed by atoms with Crippen LogP contribution in [0.5, 0.6) is 0 Å². The standard InChI is InChI=1S/C11H18ClN3O/c1-7(2)4-9(5-12)14-11(16)10-6-13-15-8(10)3/h6-7,9H,4-5H2,1-3H3,(H,13,15)(H,14,16). The molecule has 0 radical (unpaired) electrons. The number of rotatable bonds is 5. The average molecular weight is 244 g/mol. The van der Waals surface area contributed by atoms with Crippen molar-refractivity contribution < 1.29 is 4.79 Å². The fraction of sp³-hybridized carbons (Fsp3) is 0.636. The summed E-state index contributed by atoms with van der Waals surface area (Å²) in [5, 5.41) is 9.47. The minimum absolute atomic E-state index is 0.0171. The summed E-state index contributed by atoms with van der Waals surface area (Å²) in [5.41, 5.74) is 1.36. The van der Waals surface area contributed by atoms with Crippen molar-refractivity contribution in [2.24, 2.45) is 5.92 Å². The number of carbonyl (C=O) groups is 1. The smallest absolute Gasteiger partial charge is 0.254 e. The zero-order valence-corrected chi connectivity index (χ0v) is 10.6. The molecular formula is C11H18ClN3O. The van der Waals surface area contributed by atoms with Crippen molar-refractivity contribution in [3.63, 3.8) is 0 Å². The van der Waals surface area contributed by atoms with Crippen LogP contribution in [0.15, 0.2) is 6.20 Å². The van der Waals surface area contributed by atoms with Gasteiger partial charge in [0, 0.05) is 17.6 Å². The highest BCUT2D eigenvalue weighted by molar-refractivity contribution is 6.18. The Hall–Kier alpha value is -1.03. The van der Waals surface area contributed by atoms with Crippen molar-refractivity contribution in [2.75, 3.05) is 5.88 Å². The number of aromatic amines is 1. The maximum absolute atomic E-state index is 11.8. The Morgan fingerprint density at radius 3 is 2.75 bits per heavy atom. The van der Waals surface area contributed by atoms with Gasteiger partial charge in [0.25, 0.3) is 5.91 Å². The molecule has 0 bridgehead atoms. The Kier molecular flexibility index (Phi) is 4.80. The molecule has 0 saturated carbocycles. The molecule has 1 amide bonds. The molecule has 4 nitrogen and oxygen atoms in total. The molecule has 0 aliphatic heterocycles. The fourth-order valence-corrected chi connectivity index (χ4v) is 1.78. The second-order valence-corrected chi connectivity index (χ2v) is 4.67. The fourth-order valence-electron chi connectivity index (χ4n) is 1.57. The van der Waals surface area contributed by atoms with Crippen molar-refractivity contribution in [2.45, 2.75) is 33.2 Å². The van der Waals surface area contributed by atoms with Gasteiger partial charge in [-0.1, -0.05) is 13.8 Å². The van der Waals surface area contributed by atoms with Gasteiger partial charge in [0.05, 0.1) is 11.8 Å². The summed E-state index contributed by atoms with van der Waals surface area (Å²) >= 11 is 5.82. The Balaban J connectivity index is 2.59. The first kappa shape index (κ1) is 13.0. The number of nitrogens with one attached hydrogen (secondary N) is 2. The van der Waals surface area contributed by atoms with E-state index in [1.54, 1.807) is 0 Å². The van der Waals surface area contributed by atoms with Crippen LogP contribution in [-0.2, 0) is 0 Å². The molecule has 1 atom stereocenters. The molecule has 1 rings (SSSR count). The van der Waals surface area contributed by atoms with Gasteiger partial charge in [-0.05, 0) is 19.3 Å². The zero-order valence-electron chi connectivity index (χ0n) is 9.88. The number of carbonyl (C=O) groups excluding carboxylic acids is 1. The number of halogens is 1. The van der Waals surface area contributed by atoms with E-state index in [-0.39, 0.29) is 11.9 Å². The predicted molar refractivity (Wildman–Crippen MR) is 64.8 cm³/mol. The van der Waals surface area contributed by atoms with Crippen LogP contribution in [0.4, 0.5) is 0 Å². The Labute approximate surface area is 101 Å². The summed E-state index contributed by atoms with van der Waals surface area (Å²) in [6.07, 6.45) is 2.41. The molecule has 1 unspecified atom stereocenters. The van der Waals surface area contributed by atoms with Gasteiger partial charge in [0.1, 0.15) is 0 Å². The lowest BCUT2D eigenvalue weighted by molar-refractivity contribution is 0.0936. The monoisotopic (exact) mass is 243 g/mol. The van der Waals surface area contributed by atoms with Gasteiger partial charge >= 0.3 is 0 Å². The molecule has 0 aliphatic rings. The van der Waals surface area contributed by atoms with Gasteiger partial charge in [0.15, 0.2) is 0 Å². The lowest BCUT2D eigenvalue weighted by atomic mass is 10.0. The lowest BCUT2D eigenvalue weighted by Crippen LogP contribution is -2.37. The van der Waals surface area contributed by atoms with Crippen molar-refractivity contribution in [1.82, 2.24) is 15.5 Å². The van der Waals surface area contributed by atoms with Crippen LogP contribution in [0, 0.1) is 12.8 Å². The van der Waals surface area contributed by atoms with Gasteiger partial charge in [-0.25, -0.2) is 0 Å². The second-order valence-electron chi connectivity index (χ2n) is 4.36. The Morgan fingerprint density at radius 1 is 1.62 bits per heavy atom. The molecule has 0 spiro atoms. The third kappa shape index (κ3) is 3.52. The highest BCUT2D eigenvalue weighted by Gasteiger charge is 2.16. The number of nitrogens with zero attached hydrogens (tertiary/aromatic N) is 1. The molecule has 16 heavy (non-hydrogen) atoms. The van der Waals surface area contributed by atoms with Crippen molar-refractivity contribution in [3.8, 4) is 0 Å². The first-order valence-corrected chi connectivity index (χ1v) is 5.94. The highest BCUT2D eigenvalue weighted by atomic mass is 35.5. The molecule has 5 heteroatoms. The van der Waals surface area contributed by atoms with E-state index in [1.807, 2.05) is 6.92 Å². The third-order valence-corrected chi connectivity index (χ3v) is 2.72. The number of hydrogen-bond acceptors (Lipinski definition) is 2. The second kappa shape index (κ2) is 5.89. The largest absolute Gasteiger partial charge is 0.348 e. The quantitative estimate of drug-likeness (QED) is 0.779. The van der Waals surface area contributed by atoms with Crippen LogP contribution in [0.3, 0.4) is 0 Å². The molecule has 0 aromatic carbocycles. The first-order valence-electron chi connectivity index (χ1n) is 5.41. The average Bonchev–Trinajstić information content (AvgIpc) is 2.62. The number of aryl methyl sites for hydroxylation is 1. The van der Waals surface area contributed by atoms with Gasteiger partial charge < -0.3 is 5.32 Å². The Morgan fingerprint density at radius 2 is 2.31 bits per heavy atom. The van der Waals surface area contributed by atoms with E-state index in [4.69, 9.17) is 11.6 Å². The summed E-state index contributed by atoms with van der Waals surface area (Å²) in [6, 6.07) is 0.0171. The van der Waals surface area contributed by atoms with Crippen molar-refractivity contribution in [3.05, 3.63) is 17.5 Å². The predicted octanol–water partition coefficient (Wildman–Crippen LogP) is 2.10. The van der Waals surface area contributed by atoms with Crippen LogP contribution in [0.25, 0.3) is 0 Å². The Bertz CT molecular complexity index is 349. The van der Waals surface area contributed by atoms with E-state index in [1.165, 1.54) is 6.20 Å². The van der Waals surface area contributed by atoms with Crippen LogP contribution in [0.1, 0.15) is 36.3 Å².